The maximum Gasteiger partial charge on any atom is 0.148 e. The fraction of sp³-hybridized carbons (Fsp3) is 0.385. The molecular formula is C13H15N3OS. The van der Waals surface area contributed by atoms with Gasteiger partial charge in [-0.25, -0.2) is 4.68 Å². The van der Waals surface area contributed by atoms with Crippen molar-refractivity contribution in [2.45, 2.75) is 18.9 Å². The number of aromatic nitrogens is 3. The van der Waals surface area contributed by atoms with Gasteiger partial charge in [0.1, 0.15) is 11.1 Å². The molecule has 0 spiro atoms. The molecule has 1 saturated heterocycles. The summed E-state index contributed by atoms with van der Waals surface area (Å²) in [6.45, 7) is 3.65. The quantitative estimate of drug-likeness (QED) is 0.850. The number of benzene rings is 1. The maximum absolute atomic E-state index is 5.57. The van der Waals surface area contributed by atoms with Crippen LogP contribution < -0.4 is 0 Å². The van der Waals surface area contributed by atoms with Crippen molar-refractivity contribution in [3.63, 3.8) is 0 Å². The summed E-state index contributed by atoms with van der Waals surface area (Å²) in [7, 11) is 0. The molecule has 5 heteroatoms. The van der Waals surface area contributed by atoms with Crippen LogP contribution in [0.2, 0.25) is 0 Å². The molecule has 1 aromatic carbocycles. The van der Waals surface area contributed by atoms with Crippen molar-refractivity contribution in [1.29, 1.82) is 0 Å². The van der Waals surface area contributed by atoms with Gasteiger partial charge in [-0.15, -0.1) is 16.9 Å². The first-order valence-electron chi connectivity index (χ1n) is 6.00. The van der Waals surface area contributed by atoms with Gasteiger partial charge in [-0.3, -0.25) is 0 Å². The summed E-state index contributed by atoms with van der Waals surface area (Å²) >= 11 is 1.78. The highest BCUT2D eigenvalue weighted by molar-refractivity contribution is 7.99. The summed E-state index contributed by atoms with van der Waals surface area (Å²) in [6.07, 6.45) is 1.98. The van der Waals surface area contributed by atoms with E-state index in [1.165, 1.54) is 11.1 Å². The molecular weight excluding hydrogens is 246 g/mol. The molecule has 4 nitrogen and oxygen atoms in total. The predicted octanol–water partition coefficient (Wildman–Crippen LogP) is 2.40. The summed E-state index contributed by atoms with van der Waals surface area (Å²) in [5, 5.41) is 8.33. The van der Waals surface area contributed by atoms with E-state index in [1.54, 1.807) is 11.8 Å². The molecule has 3 rings (SSSR count). The minimum atomic E-state index is 0.0665. The number of hydrogen-bond acceptors (Lipinski definition) is 4. The number of nitrogens with zero attached hydrogens (tertiary/aromatic N) is 3. The highest BCUT2D eigenvalue weighted by Crippen LogP contribution is 2.33. The van der Waals surface area contributed by atoms with Crippen LogP contribution >= 0.6 is 11.8 Å². The highest BCUT2D eigenvalue weighted by atomic mass is 32.2. The van der Waals surface area contributed by atoms with Gasteiger partial charge in [0.05, 0.1) is 19.3 Å². The smallest absolute Gasteiger partial charge is 0.148 e. The summed E-state index contributed by atoms with van der Waals surface area (Å²) in [6, 6.07) is 8.47. The first kappa shape index (κ1) is 11.7. The van der Waals surface area contributed by atoms with E-state index in [9.17, 15) is 0 Å². The standard InChI is InChI=1S/C13H15N3OS/c1-10-2-4-11(5-3-10)8-16-9-12(14-15-16)13-17-6-7-18-13/h2-5,9,13H,6-8H2,1H3/t13-/m0/s1. The lowest BCUT2D eigenvalue weighted by molar-refractivity contribution is 0.142. The highest BCUT2D eigenvalue weighted by Gasteiger charge is 2.21. The van der Waals surface area contributed by atoms with Gasteiger partial charge in [-0.05, 0) is 12.5 Å². The third-order valence-corrected chi connectivity index (χ3v) is 3.97. The van der Waals surface area contributed by atoms with Gasteiger partial charge < -0.3 is 4.74 Å². The van der Waals surface area contributed by atoms with E-state index in [4.69, 9.17) is 4.74 Å². The molecule has 1 aliphatic rings. The molecule has 0 N–H and O–H groups in total. The van der Waals surface area contributed by atoms with Gasteiger partial charge in [0, 0.05) is 5.75 Å². The van der Waals surface area contributed by atoms with Crippen LogP contribution in [0.25, 0.3) is 0 Å². The Kier molecular flexibility index (Phi) is 3.34. The molecule has 1 aromatic heterocycles. The summed E-state index contributed by atoms with van der Waals surface area (Å²) < 4.78 is 7.43. The van der Waals surface area contributed by atoms with Gasteiger partial charge in [0.2, 0.25) is 0 Å². The van der Waals surface area contributed by atoms with Crippen molar-refractivity contribution in [2.75, 3.05) is 12.4 Å². The Morgan fingerprint density at radius 3 is 2.94 bits per heavy atom. The molecule has 2 heterocycles. The van der Waals surface area contributed by atoms with E-state index in [2.05, 4.69) is 41.5 Å². The molecule has 18 heavy (non-hydrogen) atoms. The second-order valence-electron chi connectivity index (χ2n) is 4.40. The third-order valence-electron chi connectivity index (χ3n) is 2.88. The second kappa shape index (κ2) is 5.12. The zero-order chi connectivity index (χ0) is 12.4. The number of hydrogen-bond donors (Lipinski definition) is 0. The van der Waals surface area contributed by atoms with Crippen LogP contribution in [0.3, 0.4) is 0 Å². The van der Waals surface area contributed by atoms with Crippen LogP contribution in [0.4, 0.5) is 0 Å². The fourth-order valence-corrected chi connectivity index (χ4v) is 2.79. The van der Waals surface area contributed by atoms with E-state index < -0.39 is 0 Å². The fourth-order valence-electron chi connectivity index (χ4n) is 1.91. The number of thioether (sulfide) groups is 1. The Labute approximate surface area is 110 Å². The Bertz CT molecular complexity index is 517. The largest absolute Gasteiger partial charge is 0.360 e. The molecule has 0 amide bonds. The molecule has 1 aliphatic heterocycles. The Morgan fingerprint density at radius 2 is 2.22 bits per heavy atom. The van der Waals surface area contributed by atoms with E-state index in [1.807, 2.05) is 10.9 Å². The molecule has 0 radical (unpaired) electrons. The Morgan fingerprint density at radius 1 is 1.39 bits per heavy atom. The molecule has 94 valence electrons. The van der Waals surface area contributed by atoms with Gasteiger partial charge in [0.15, 0.2) is 0 Å². The Hall–Kier alpha value is -1.33. The van der Waals surface area contributed by atoms with Gasteiger partial charge in [0.25, 0.3) is 0 Å². The molecule has 0 unspecified atom stereocenters. The van der Waals surface area contributed by atoms with Crippen LogP contribution in [-0.4, -0.2) is 27.4 Å². The maximum atomic E-state index is 5.57. The van der Waals surface area contributed by atoms with Crippen LogP contribution in [0, 0.1) is 6.92 Å². The van der Waals surface area contributed by atoms with Crippen molar-refractivity contribution >= 4 is 11.8 Å². The molecule has 2 aromatic rings. The second-order valence-corrected chi connectivity index (χ2v) is 5.57. The first-order valence-corrected chi connectivity index (χ1v) is 7.05. The lowest BCUT2D eigenvalue weighted by Crippen LogP contribution is -2.00. The van der Waals surface area contributed by atoms with Crippen LogP contribution in [0.1, 0.15) is 22.3 Å². The first-order chi connectivity index (χ1) is 8.81. The zero-order valence-corrected chi connectivity index (χ0v) is 11.1. The van der Waals surface area contributed by atoms with Crippen molar-refractivity contribution in [3.05, 3.63) is 47.3 Å². The lowest BCUT2D eigenvalue weighted by atomic mass is 10.1. The van der Waals surface area contributed by atoms with Crippen LogP contribution in [0.15, 0.2) is 30.5 Å². The van der Waals surface area contributed by atoms with Crippen molar-refractivity contribution in [3.8, 4) is 0 Å². The molecule has 0 bridgehead atoms. The molecule has 0 aliphatic carbocycles. The van der Waals surface area contributed by atoms with Crippen molar-refractivity contribution < 1.29 is 4.74 Å². The van der Waals surface area contributed by atoms with E-state index in [-0.39, 0.29) is 5.44 Å². The molecule has 1 fully saturated rings. The van der Waals surface area contributed by atoms with Gasteiger partial charge >= 0.3 is 0 Å². The van der Waals surface area contributed by atoms with Crippen LogP contribution in [-0.2, 0) is 11.3 Å². The minimum absolute atomic E-state index is 0.0665. The number of aryl methyl sites for hydroxylation is 1. The summed E-state index contributed by atoms with van der Waals surface area (Å²) in [4.78, 5) is 0. The van der Waals surface area contributed by atoms with Gasteiger partial charge in [-0.2, -0.15) is 0 Å². The third kappa shape index (κ3) is 2.57. The molecule has 0 saturated carbocycles. The Balaban J connectivity index is 1.71. The van der Waals surface area contributed by atoms with Crippen molar-refractivity contribution in [1.82, 2.24) is 15.0 Å². The predicted molar refractivity (Wildman–Crippen MR) is 71.5 cm³/mol. The average Bonchev–Trinajstić information content (AvgIpc) is 3.02. The number of rotatable bonds is 3. The SMILES string of the molecule is Cc1ccc(Cn2cc([C@H]3OCCS3)nn2)cc1. The lowest BCUT2D eigenvalue weighted by Gasteiger charge is -2.03. The van der Waals surface area contributed by atoms with E-state index in [0.717, 1.165) is 24.6 Å². The zero-order valence-electron chi connectivity index (χ0n) is 10.2. The van der Waals surface area contributed by atoms with Crippen molar-refractivity contribution in [2.24, 2.45) is 0 Å². The monoisotopic (exact) mass is 261 g/mol. The van der Waals surface area contributed by atoms with E-state index in [0.29, 0.717) is 0 Å². The van der Waals surface area contributed by atoms with Crippen LogP contribution in [0.5, 0.6) is 0 Å². The average molecular weight is 261 g/mol. The summed E-state index contributed by atoms with van der Waals surface area (Å²) in [5.41, 5.74) is 3.49. The summed E-state index contributed by atoms with van der Waals surface area (Å²) in [5.74, 6) is 1.04. The normalized spacial score (nSPS) is 19.3. The van der Waals surface area contributed by atoms with E-state index >= 15 is 0 Å². The minimum Gasteiger partial charge on any atom is -0.360 e. The topological polar surface area (TPSA) is 39.9 Å². The van der Waals surface area contributed by atoms with Gasteiger partial charge in [-0.1, -0.05) is 35.0 Å². The molecule has 1 atom stereocenters. The number of ether oxygens (including phenoxy) is 1.